The summed E-state index contributed by atoms with van der Waals surface area (Å²) < 4.78 is 2.29. The third-order valence-electron chi connectivity index (χ3n) is 5.59. The molecule has 0 bridgehead atoms. The molecule has 2 N–H and O–H groups in total. The van der Waals surface area contributed by atoms with E-state index in [1.54, 1.807) is 4.90 Å². The number of rotatable bonds is 3. The van der Waals surface area contributed by atoms with Crippen LogP contribution in [0.15, 0.2) is 15.8 Å². The number of aromatic nitrogens is 5. The average molecular weight is 372 g/mol. The van der Waals surface area contributed by atoms with Crippen LogP contribution >= 0.6 is 0 Å². The average Bonchev–Trinajstić information content (AvgIpc) is 2.92. The molecule has 4 heterocycles. The molecule has 2 aromatic rings. The number of aromatic amines is 2. The summed E-state index contributed by atoms with van der Waals surface area (Å²) in [6, 6.07) is 0. The van der Waals surface area contributed by atoms with Crippen molar-refractivity contribution in [3.05, 3.63) is 44.2 Å². The monoisotopic (exact) mass is 372 g/mol. The van der Waals surface area contributed by atoms with Crippen molar-refractivity contribution >= 4 is 5.91 Å². The van der Waals surface area contributed by atoms with E-state index in [1.807, 2.05) is 0 Å². The van der Waals surface area contributed by atoms with E-state index in [-0.39, 0.29) is 17.9 Å². The van der Waals surface area contributed by atoms with E-state index in [9.17, 15) is 14.4 Å². The van der Waals surface area contributed by atoms with Gasteiger partial charge in [0.15, 0.2) is 0 Å². The predicted octanol–water partition coefficient (Wildman–Crippen LogP) is 0.330. The fourth-order valence-electron chi connectivity index (χ4n) is 4.04. The Labute approximate surface area is 155 Å². The lowest BCUT2D eigenvalue weighted by atomic mass is 9.95. The van der Waals surface area contributed by atoms with Gasteiger partial charge in [0.05, 0.1) is 6.42 Å². The molecule has 0 spiro atoms. The maximum absolute atomic E-state index is 12.5. The molecule has 0 atom stereocenters. The minimum Gasteiger partial charge on any atom is -0.342 e. The summed E-state index contributed by atoms with van der Waals surface area (Å²) >= 11 is 0. The van der Waals surface area contributed by atoms with E-state index in [0.717, 1.165) is 37.5 Å². The van der Waals surface area contributed by atoms with Crippen LogP contribution in [-0.2, 0) is 24.2 Å². The standard InChI is InChI=1S/C18H24N6O3/c25-15(10-13-11-19-18(27)20-17(13)26)23-8-5-12(6-9-23)16-22-21-14-4-2-1-3-7-24(14)16/h11-12H,1-10H2,(H2,19,20,26,27). The number of H-pyrrole nitrogens is 2. The number of carbonyl (C=O) groups is 1. The van der Waals surface area contributed by atoms with Gasteiger partial charge in [-0.05, 0) is 25.7 Å². The molecule has 0 saturated carbocycles. The van der Waals surface area contributed by atoms with Crippen LogP contribution in [0.25, 0.3) is 0 Å². The second-order valence-electron chi connectivity index (χ2n) is 7.37. The number of fused-ring (bicyclic) bond motifs is 1. The number of carbonyl (C=O) groups excluding carboxylic acids is 1. The number of hydrogen-bond donors (Lipinski definition) is 2. The van der Waals surface area contributed by atoms with E-state index in [0.29, 0.717) is 19.0 Å². The molecular weight excluding hydrogens is 348 g/mol. The minimum absolute atomic E-state index is 0.00287. The van der Waals surface area contributed by atoms with Crippen molar-refractivity contribution in [1.82, 2.24) is 29.6 Å². The van der Waals surface area contributed by atoms with Crippen molar-refractivity contribution < 1.29 is 4.79 Å². The summed E-state index contributed by atoms with van der Waals surface area (Å²) in [5.74, 6) is 2.39. The molecule has 1 fully saturated rings. The van der Waals surface area contributed by atoms with Crippen LogP contribution in [0, 0.1) is 0 Å². The molecule has 27 heavy (non-hydrogen) atoms. The van der Waals surface area contributed by atoms with Crippen LogP contribution in [0.1, 0.15) is 55.2 Å². The fraction of sp³-hybridized carbons (Fsp3) is 0.611. The number of amides is 1. The lowest BCUT2D eigenvalue weighted by Crippen LogP contribution is -2.40. The first-order chi connectivity index (χ1) is 13.1. The Morgan fingerprint density at radius 1 is 1.11 bits per heavy atom. The Balaban J connectivity index is 1.39. The largest absolute Gasteiger partial charge is 0.342 e. The highest BCUT2D eigenvalue weighted by molar-refractivity contribution is 5.78. The van der Waals surface area contributed by atoms with Crippen molar-refractivity contribution in [1.29, 1.82) is 0 Å². The van der Waals surface area contributed by atoms with Crippen LogP contribution < -0.4 is 11.2 Å². The van der Waals surface area contributed by atoms with Gasteiger partial charge in [-0.1, -0.05) is 6.42 Å². The van der Waals surface area contributed by atoms with Gasteiger partial charge in [0.2, 0.25) is 5.91 Å². The summed E-state index contributed by atoms with van der Waals surface area (Å²) in [7, 11) is 0. The first kappa shape index (κ1) is 17.7. The van der Waals surface area contributed by atoms with Gasteiger partial charge in [-0.25, -0.2) is 4.79 Å². The third-order valence-corrected chi connectivity index (χ3v) is 5.59. The number of likely N-dealkylation sites (tertiary alicyclic amines) is 1. The molecule has 9 heteroatoms. The van der Waals surface area contributed by atoms with Crippen LogP contribution in [0.5, 0.6) is 0 Å². The molecular formula is C18H24N6O3. The number of hydrogen-bond acceptors (Lipinski definition) is 5. The molecule has 4 rings (SSSR count). The van der Waals surface area contributed by atoms with Gasteiger partial charge in [-0.2, -0.15) is 0 Å². The molecule has 0 aromatic carbocycles. The molecule has 144 valence electrons. The highest BCUT2D eigenvalue weighted by atomic mass is 16.2. The van der Waals surface area contributed by atoms with Gasteiger partial charge >= 0.3 is 5.69 Å². The Morgan fingerprint density at radius 2 is 1.93 bits per heavy atom. The molecule has 2 aromatic heterocycles. The topological polar surface area (TPSA) is 117 Å². The molecule has 1 amide bonds. The van der Waals surface area contributed by atoms with Crippen molar-refractivity contribution in [3.8, 4) is 0 Å². The summed E-state index contributed by atoms with van der Waals surface area (Å²) in [6.45, 7) is 2.28. The van der Waals surface area contributed by atoms with E-state index >= 15 is 0 Å². The SMILES string of the molecule is O=C(Cc1c[nH]c(=O)[nH]c1=O)N1CCC(c2nnc3n2CCCCC3)CC1. The molecule has 9 nitrogen and oxygen atoms in total. The van der Waals surface area contributed by atoms with Crippen molar-refractivity contribution in [3.63, 3.8) is 0 Å². The van der Waals surface area contributed by atoms with Gasteiger partial charge in [-0.3, -0.25) is 14.6 Å². The van der Waals surface area contributed by atoms with Gasteiger partial charge in [-0.15, -0.1) is 10.2 Å². The Hall–Kier alpha value is -2.71. The lowest BCUT2D eigenvalue weighted by molar-refractivity contribution is -0.131. The van der Waals surface area contributed by atoms with E-state index in [4.69, 9.17) is 0 Å². The van der Waals surface area contributed by atoms with Crippen molar-refractivity contribution in [2.24, 2.45) is 0 Å². The number of piperidine rings is 1. The third kappa shape index (κ3) is 3.72. The highest BCUT2D eigenvalue weighted by Gasteiger charge is 2.28. The summed E-state index contributed by atoms with van der Waals surface area (Å²) in [6.07, 6.45) is 7.60. The second kappa shape index (κ2) is 7.50. The van der Waals surface area contributed by atoms with Gasteiger partial charge < -0.3 is 14.5 Å². The van der Waals surface area contributed by atoms with Crippen LogP contribution in [0.3, 0.4) is 0 Å². The Kier molecular flexibility index (Phi) is 4.91. The molecule has 0 aliphatic carbocycles. The molecule has 1 saturated heterocycles. The van der Waals surface area contributed by atoms with Crippen LogP contribution in [0.4, 0.5) is 0 Å². The van der Waals surface area contributed by atoms with Gasteiger partial charge in [0.1, 0.15) is 11.6 Å². The first-order valence-electron chi connectivity index (χ1n) is 9.62. The zero-order valence-electron chi connectivity index (χ0n) is 15.2. The van der Waals surface area contributed by atoms with E-state index in [1.165, 1.54) is 25.5 Å². The van der Waals surface area contributed by atoms with Crippen molar-refractivity contribution in [2.45, 2.75) is 57.4 Å². The smallest absolute Gasteiger partial charge is 0.325 e. The highest BCUT2D eigenvalue weighted by Crippen LogP contribution is 2.29. The minimum atomic E-state index is -0.565. The fourth-order valence-corrected chi connectivity index (χ4v) is 4.04. The lowest BCUT2D eigenvalue weighted by Gasteiger charge is -2.31. The van der Waals surface area contributed by atoms with Gasteiger partial charge in [0, 0.05) is 43.7 Å². The summed E-state index contributed by atoms with van der Waals surface area (Å²) in [5.41, 5.74) is -0.790. The number of nitrogens with one attached hydrogen (secondary N) is 2. The number of aryl methyl sites for hydroxylation is 1. The van der Waals surface area contributed by atoms with E-state index in [2.05, 4.69) is 24.7 Å². The zero-order chi connectivity index (χ0) is 18.8. The molecule has 0 radical (unpaired) electrons. The maximum Gasteiger partial charge on any atom is 0.325 e. The summed E-state index contributed by atoms with van der Waals surface area (Å²) in [4.78, 5) is 41.7. The molecule has 2 aliphatic heterocycles. The molecule has 2 aliphatic rings. The second-order valence-corrected chi connectivity index (χ2v) is 7.37. The maximum atomic E-state index is 12.5. The van der Waals surface area contributed by atoms with Crippen molar-refractivity contribution in [2.75, 3.05) is 13.1 Å². The number of nitrogens with zero attached hydrogens (tertiary/aromatic N) is 4. The first-order valence-corrected chi connectivity index (χ1v) is 9.62. The van der Waals surface area contributed by atoms with Gasteiger partial charge in [0.25, 0.3) is 5.56 Å². The molecule has 0 unspecified atom stereocenters. The summed E-state index contributed by atoms with van der Waals surface area (Å²) in [5, 5.41) is 8.83. The predicted molar refractivity (Wildman–Crippen MR) is 97.5 cm³/mol. The van der Waals surface area contributed by atoms with Crippen LogP contribution in [0.2, 0.25) is 0 Å². The normalized spacial score (nSPS) is 18.1. The zero-order valence-corrected chi connectivity index (χ0v) is 15.2. The quantitative estimate of drug-likeness (QED) is 0.805. The Morgan fingerprint density at radius 3 is 2.70 bits per heavy atom. The van der Waals surface area contributed by atoms with Crippen LogP contribution in [-0.4, -0.2) is 48.6 Å². The Bertz CT molecular complexity index is 935. The van der Waals surface area contributed by atoms with E-state index < -0.39 is 11.2 Å².